The number of benzene rings is 2. The molecule has 0 amide bonds. The highest BCUT2D eigenvalue weighted by atomic mass is 14.3. The average Bonchev–Trinajstić information content (AvgIpc) is 2.87. The molecular weight excluding hydrogens is 400 g/mol. The molecule has 1 aliphatic rings. The van der Waals surface area contributed by atoms with E-state index in [0.717, 1.165) is 41.9 Å². The summed E-state index contributed by atoms with van der Waals surface area (Å²) in [6.07, 6.45) is 16.3. The van der Waals surface area contributed by atoms with Crippen molar-refractivity contribution in [3.8, 4) is 23.3 Å². The Balaban J connectivity index is 1.73. The predicted octanol–water partition coefficient (Wildman–Crippen LogP) is 9.07. The molecule has 0 bridgehead atoms. The van der Waals surface area contributed by atoms with E-state index in [9.17, 15) is 10.5 Å². The topological polar surface area (TPSA) is 47.6 Å². The summed E-state index contributed by atoms with van der Waals surface area (Å²) in [5.41, 5.74) is 5.53. The molecule has 0 radical (unpaired) electrons. The largest absolute Gasteiger partial charge is 0.192 e. The maximum Gasteiger partial charge on any atom is 0.101 e. The molecular formula is C31H40N2. The third-order valence-electron chi connectivity index (χ3n) is 7.55. The van der Waals surface area contributed by atoms with Crippen LogP contribution in [-0.4, -0.2) is 0 Å². The molecule has 3 rings (SSSR count). The third kappa shape index (κ3) is 6.71. The van der Waals surface area contributed by atoms with Gasteiger partial charge in [-0.15, -0.1) is 0 Å². The van der Waals surface area contributed by atoms with E-state index >= 15 is 0 Å². The van der Waals surface area contributed by atoms with Gasteiger partial charge in [0.1, 0.15) is 12.1 Å². The monoisotopic (exact) mass is 440 g/mol. The van der Waals surface area contributed by atoms with Crippen molar-refractivity contribution in [1.82, 2.24) is 0 Å². The molecule has 2 aromatic rings. The van der Waals surface area contributed by atoms with Crippen LogP contribution in [0.15, 0.2) is 36.4 Å². The molecule has 0 N–H and O–H groups in total. The Hall–Kier alpha value is -2.58. The van der Waals surface area contributed by atoms with Gasteiger partial charge in [-0.2, -0.15) is 10.5 Å². The first-order valence-corrected chi connectivity index (χ1v) is 13.3. The molecule has 0 unspecified atom stereocenters. The zero-order chi connectivity index (χ0) is 23.5. The minimum atomic E-state index is 0.411. The van der Waals surface area contributed by atoms with Crippen molar-refractivity contribution in [2.75, 3.05) is 0 Å². The van der Waals surface area contributed by atoms with E-state index in [1.54, 1.807) is 0 Å². The SMILES string of the molecule is CCCCCCCc1ccc(-c2ccc([C@H]3CC[C@H](CCCC)CC3)c(C#N)c2C#N)cc1. The van der Waals surface area contributed by atoms with Crippen molar-refractivity contribution in [3.63, 3.8) is 0 Å². The van der Waals surface area contributed by atoms with E-state index in [2.05, 4.69) is 62.4 Å². The van der Waals surface area contributed by atoms with Crippen LogP contribution in [0.2, 0.25) is 0 Å². The first-order chi connectivity index (χ1) is 16.2. The van der Waals surface area contributed by atoms with Gasteiger partial charge in [-0.3, -0.25) is 0 Å². The zero-order valence-electron chi connectivity index (χ0n) is 20.7. The molecule has 33 heavy (non-hydrogen) atoms. The van der Waals surface area contributed by atoms with Gasteiger partial charge >= 0.3 is 0 Å². The van der Waals surface area contributed by atoms with Crippen molar-refractivity contribution in [3.05, 3.63) is 58.7 Å². The molecule has 1 fully saturated rings. The molecule has 0 aliphatic heterocycles. The van der Waals surface area contributed by atoms with Crippen molar-refractivity contribution in [2.45, 2.75) is 103 Å². The smallest absolute Gasteiger partial charge is 0.101 e. The molecule has 2 nitrogen and oxygen atoms in total. The van der Waals surface area contributed by atoms with Crippen LogP contribution in [0.5, 0.6) is 0 Å². The second kappa shape index (κ2) is 13.2. The Kier molecular flexibility index (Phi) is 10.0. The van der Waals surface area contributed by atoms with E-state index in [0.29, 0.717) is 17.0 Å². The first-order valence-electron chi connectivity index (χ1n) is 13.3. The fourth-order valence-electron chi connectivity index (χ4n) is 5.47. The molecule has 0 atom stereocenters. The van der Waals surface area contributed by atoms with E-state index in [-0.39, 0.29) is 0 Å². The van der Waals surface area contributed by atoms with E-state index in [1.165, 1.54) is 69.8 Å². The van der Waals surface area contributed by atoms with Crippen LogP contribution in [0.25, 0.3) is 11.1 Å². The summed E-state index contributed by atoms with van der Waals surface area (Å²) in [7, 11) is 0. The number of nitrogens with zero attached hydrogens (tertiary/aromatic N) is 2. The Labute approximate surface area is 201 Å². The highest BCUT2D eigenvalue weighted by Crippen LogP contribution is 2.41. The van der Waals surface area contributed by atoms with E-state index < -0.39 is 0 Å². The highest BCUT2D eigenvalue weighted by molar-refractivity contribution is 5.75. The van der Waals surface area contributed by atoms with Gasteiger partial charge in [0.15, 0.2) is 0 Å². The molecule has 1 aliphatic carbocycles. The summed E-state index contributed by atoms with van der Waals surface area (Å²) in [5, 5.41) is 20.0. The quantitative estimate of drug-likeness (QED) is 0.327. The van der Waals surface area contributed by atoms with Crippen molar-refractivity contribution in [1.29, 1.82) is 10.5 Å². The minimum absolute atomic E-state index is 0.411. The van der Waals surface area contributed by atoms with Crippen LogP contribution in [-0.2, 0) is 6.42 Å². The number of hydrogen-bond acceptors (Lipinski definition) is 2. The van der Waals surface area contributed by atoms with Crippen LogP contribution < -0.4 is 0 Å². The predicted molar refractivity (Wildman–Crippen MR) is 138 cm³/mol. The summed E-state index contributed by atoms with van der Waals surface area (Å²) in [5.74, 6) is 1.25. The molecule has 2 heteroatoms. The summed E-state index contributed by atoms with van der Waals surface area (Å²) >= 11 is 0. The number of nitriles is 2. The lowest BCUT2D eigenvalue weighted by Crippen LogP contribution is -2.15. The maximum atomic E-state index is 10.0. The Morgan fingerprint density at radius 3 is 2.03 bits per heavy atom. The Morgan fingerprint density at radius 1 is 0.727 bits per heavy atom. The molecule has 0 aromatic heterocycles. The second-order valence-corrected chi connectivity index (χ2v) is 9.90. The summed E-state index contributed by atoms with van der Waals surface area (Å²) in [6.45, 7) is 4.51. The van der Waals surface area contributed by atoms with Gasteiger partial charge in [-0.1, -0.05) is 95.2 Å². The van der Waals surface area contributed by atoms with Gasteiger partial charge < -0.3 is 0 Å². The zero-order valence-corrected chi connectivity index (χ0v) is 20.7. The number of unbranched alkanes of at least 4 members (excludes halogenated alkanes) is 5. The Morgan fingerprint density at radius 2 is 1.39 bits per heavy atom. The molecule has 0 saturated heterocycles. The van der Waals surface area contributed by atoms with Gasteiger partial charge in [0.2, 0.25) is 0 Å². The standard InChI is InChI=1S/C31H40N2/c1-3-5-7-8-9-11-25-14-18-27(19-15-25)29-21-20-28(30(22-32)31(29)23-33)26-16-12-24(13-17-26)10-6-4-2/h14-15,18-21,24,26H,3-13,16-17H2,1-2H3/t24-,26-. The maximum absolute atomic E-state index is 10.0. The second-order valence-electron chi connectivity index (χ2n) is 9.90. The lowest BCUT2D eigenvalue weighted by Gasteiger charge is -2.29. The van der Waals surface area contributed by atoms with Gasteiger partial charge in [-0.25, -0.2) is 0 Å². The fourth-order valence-corrected chi connectivity index (χ4v) is 5.47. The molecule has 0 heterocycles. The van der Waals surface area contributed by atoms with Crippen molar-refractivity contribution >= 4 is 0 Å². The highest BCUT2D eigenvalue weighted by Gasteiger charge is 2.26. The van der Waals surface area contributed by atoms with Crippen LogP contribution in [0.1, 0.15) is 119 Å². The number of aryl methyl sites for hydroxylation is 1. The van der Waals surface area contributed by atoms with Gasteiger partial charge in [0.05, 0.1) is 11.1 Å². The van der Waals surface area contributed by atoms with Crippen molar-refractivity contribution < 1.29 is 0 Å². The van der Waals surface area contributed by atoms with Crippen LogP contribution in [0, 0.1) is 28.6 Å². The lowest BCUT2D eigenvalue weighted by molar-refractivity contribution is 0.304. The normalized spacial score (nSPS) is 17.9. The van der Waals surface area contributed by atoms with Crippen LogP contribution in [0.4, 0.5) is 0 Å². The Bertz CT molecular complexity index is 950. The molecule has 174 valence electrons. The minimum Gasteiger partial charge on any atom is -0.192 e. The summed E-state index contributed by atoms with van der Waals surface area (Å²) in [6, 6.07) is 17.6. The molecule has 2 aromatic carbocycles. The van der Waals surface area contributed by atoms with Crippen LogP contribution in [0.3, 0.4) is 0 Å². The van der Waals surface area contributed by atoms with E-state index in [4.69, 9.17) is 0 Å². The lowest BCUT2D eigenvalue weighted by atomic mass is 9.75. The van der Waals surface area contributed by atoms with Crippen LogP contribution >= 0.6 is 0 Å². The fraction of sp³-hybridized carbons (Fsp3) is 0.548. The number of rotatable bonds is 11. The summed E-state index contributed by atoms with van der Waals surface area (Å²) in [4.78, 5) is 0. The summed E-state index contributed by atoms with van der Waals surface area (Å²) < 4.78 is 0. The average molecular weight is 441 g/mol. The van der Waals surface area contributed by atoms with Gasteiger partial charge in [0, 0.05) is 5.56 Å². The number of hydrogen-bond donors (Lipinski definition) is 0. The molecule has 0 spiro atoms. The first kappa shape index (κ1) is 25.1. The third-order valence-corrected chi connectivity index (χ3v) is 7.55. The van der Waals surface area contributed by atoms with Crippen molar-refractivity contribution in [2.24, 2.45) is 5.92 Å². The van der Waals surface area contributed by atoms with E-state index in [1.807, 2.05) is 0 Å². The van der Waals surface area contributed by atoms with Gasteiger partial charge in [0.25, 0.3) is 0 Å². The molecule has 1 saturated carbocycles. The van der Waals surface area contributed by atoms with Gasteiger partial charge in [-0.05, 0) is 67.1 Å².